The molecule has 0 bridgehead atoms. The first-order valence-corrected chi connectivity index (χ1v) is 5.14. The third kappa shape index (κ3) is 8.99. The first-order valence-electron chi connectivity index (χ1n) is 5.14. The number of nitrogens with two attached hydrogens (primary N) is 1. The second-order valence-corrected chi connectivity index (χ2v) is 2.13. The van der Waals surface area contributed by atoms with Gasteiger partial charge in [-0.15, -0.1) is 0 Å². The van der Waals surface area contributed by atoms with Crippen LogP contribution < -0.4 is 11.3 Å². The van der Waals surface area contributed by atoms with Gasteiger partial charge < -0.3 is 10.3 Å². The zero-order chi connectivity index (χ0) is 12.3. The minimum absolute atomic E-state index is 0. The van der Waals surface area contributed by atoms with Gasteiger partial charge >= 0.3 is 0 Å². The van der Waals surface area contributed by atoms with Crippen LogP contribution in [0.5, 0.6) is 0 Å². The maximum absolute atomic E-state index is 10.9. The molecule has 0 unspecified atom stereocenters. The van der Waals surface area contributed by atoms with Crippen LogP contribution in [0.25, 0.3) is 0 Å². The molecule has 0 saturated heterocycles. The Morgan fingerprint density at radius 2 is 1.75 bits per heavy atom. The third-order valence-electron chi connectivity index (χ3n) is 1.23. The Labute approximate surface area is 98.1 Å². The Kier molecular flexibility index (Phi) is 16.7. The summed E-state index contributed by atoms with van der Waals surface area (Å²) < 4.78 is 1.25. The van der Waals surface area contributed by atoms with Gasteiger partial charge in [-0.25, -0.2) is 0 Å². The molecule has 4 nitrogen and oxygen atoms in total. The van der Waals surface area contributed by atoms with Crippen molar-refractivity contribution in [3.63, 3.8) is 0 Å². The molecule has 0 aliphatic carbocycles. The maximum atomic E-state index is 10.9. The fourth-order valence-electron chi connectivity index (χ4n) is 0.759. The van der Waals surface area contributed by atoms with Gasteiger partial charge in [0.25, 0.3) is 5.56 Å². The van der Waals surface area contributed by atoms with E-state index in [1.165, 1.54) is 16.8 Å². The number of amides is 1. The van der Waals surface area contributed by atoms with Gasteiger partial charge in [-0.05, 0) is 6.07 Å². The highest BCUT2D eigenvalue weighted by Crippen LogP contribution is 1.79. The molecule has 94 valence electrons. The number of hydrogen-bond donors (Lipinski definition) is 1. The zero-order valence-corrected chi connectivity index (χ0v) is 9.86. The van der Waals surface area contributed by atoms with Crippen molar-refractivity contribution >= 4 is 5.91 Å². The molecular formula is C12H24N2O2. The summed E-state index contributed by atoms with van der Waals surface area (Å²) in [6.07, 6.45) is 1.52. The number of carbonyl (C=O) groups excluding carboxylic acids is 1. The van der Waals surface area contributed by atoms with Gasteiger partial charge in [0, 0.05) is 12.3 Å². The molecule has 0 saturated carbocycles. The Bertz CT molecular complexity index is 319. The van der Waals surface area contributed by atoms with Gasteiger partial charge in [0.15, 0.2) is 0 Å². The minimum Gasteiger partial charge on any atom is -0.368 e. The molecular weight excluding hydrogens is 204 g/mol. The predicted octanol–water partition coefficient (Wildman–Crippen LogP) is 2.02. The summed E-state index contributed by atoms with van der Waals surface area (Å²) in [6, 6.07) is 4.66. The average molecular weight is 228 g/mol. The maximum Gasteiger partial charge on any atom is 0.250 e. The van der Waals surface area contributed by atoms with E-state index >= 15 is 0 Å². The van der Waals surface area contributed by atoms with Crippen LogP contribution in [0.4, 0.5) is 0 Å². The summed E-state index contributed by atoms with van der Waals surface area (Å²) in [6.45, 7) is 7.94. The third-order valence-corrected chi connectivity index (χ3v) is 1.23. The molecule has 1 heterocycles. The van der Waals surface area contributed by atoms with E-state index in [4.69, 9.17) is 5.73 Å². The molecule has 0 fully saturated rings. The highest BCUT2D eigenvalue weighted by Gasteiger charge is 1.96. The lowest BCUT2D eigenvalue weighted by Gasteiger charge is -1.98. The molecule has 0 aromatic carbocycles. The van der Waals surface area contributed by atoms with Crippen LogP contribution in [0.1, 0.15) is 35.1 Å². The number of aromatic nitrogens is 1. The summed E-state index contributed by atoms with van der Waals surface area (Å²) in [5, 5.41) is 0. The second-order valence-electron chi connectivity index (χ2n) is 2.13. The molecule has 1 aromatic heterocycles. The minimum atomic E-state index is -0.515. The first-order chi connectivity index (χ1) is 7.20. The number of rotatable bonds is 2. The van der Waals surface area contributed by atoms with Gasteiger partial charge in [0.2, 0.25) is 5.91 Å². The quantitative estimate of drug-likeness (QED) is 0.841. The van der Waals surface area contributed by atoms with Gasteiger partial charge in [-0.2, -0.15) is 0 Å². The monoisotopic (exact) mass is 228 g/mol. The summed E-state index contributed by atoms with van der Waals surface area (Å²) in [5.41, 5.74) is 4.68. The molecule has 4 heteroatoms. The lowest BCUT2D eigenvalue weighted by Crippen LogP contribution is -2.26. The molecule has 1 aromatic rings. The highest BCUT2D eigenvalue weighted by atomic mass is 16.2. The predicted molar refractivity (Wildman–Crippen MR) is 69.3 cm³/mol. The van der Waals surface area contributed by atoms with Crippen LogP contribution in [0, 0.1) is 0 Å². The van der Waals surface area contributed by atoms with E-state index in [-0.39, 0.29) is 19.5 Å². The van der Waals surface area contributed by atoms with Crippen LogP contribution in [0.2, 0.25) is 0 Å². The van der Waals surface area contributed by atoms with Crippen LogP contribution in [0.15, 0.2) is 29.2 Å². The molecule has 1 rings (SSSR count). The van der Waals surface area contributed by atoms with Crippen LogP contribution in [-0.4, -0.2) is 10.5 Å². The first kappa shape index (κ1) is 19.9. The standard InChI is InChI=1S/C7H8N2O2.2C2H6.CH4/c8-6(10)5-9-4-2-1-3-7(9)11;2*1-2;/h1-4H,5H2,(H2,8,10);2*1-2H3;1H4. The van der Waals surface area contributed by atoms with Crippen molar-refractivity contribution in [1.29, 1.82) is 0 Å². The van der Waals surface area contributed by atoms with Gasteiger partial charge in [-0.3, -0.25) is 9.59 Å². The van der Waals surface area contributed by atoms with Crippen molar-refractivity contribution in [1.82, 2.24) is 4.57 Å². The normalized spacial score (nSPS) is 7.25. The molecule has 16 heavy (non-hydrogen) atoms. The Balaban J connectivity index is -0.000000305. The number of hydrogen-bond acceptors (Lipinski definition) is 2. The van der Waals surface area contributed by atoms with Crippen molar-refractivity contribution in [3.05, 3.63) is 34.7 Å². The van der Waals surface area contributed by atoms with Crippen molar-refractivity contribution < 1.29 is 4.79 Å². The van der Waals surface area contributed by atoms with Crippen molar-refractivity contribution in [3.8, 4) is 0 Å². The number of pyridine rings is 1. The zero-order valence-electron chi connectivity index (χ0n) is 9.86. The van der Waals surface area contributed by atoms with Crippen molar-refractivity contribution in [2.45, 2.75) is 41.7 Å². The van der Waals surface area contributed by atoms with Crippen LogP contribution in [-0.2, 0) is 11.3 Å². The average Bonchev–Trinajstić information content (AvgIpc) is 2.27. The molecule has 0 aliphatic rings. The Hall–Kier alpha value is -1.58. The van der Waals surface area contributed by atoms with Gasteiger partial charge in [0.05, 0.1) is 0 Å². The van der Waals surface area contributed by atoms with E-state index in [2.05, 4.69) is 0 Å². The van der Waals surface area contributed by atoms with E-state index in [0.29, 0.717) is 0 Å². The SMILES string of the molecule is C.CC.CC.NC(=O)Cn1ccccc1=O. The molecule has 1 amide bonds. The van der Waals surface area contributed by atoms with Gasteiger partial charge in [0.1, 0.15) is 6.54 Å². The van der Waals surface area contributed by atoms with Crippen LogP contribution in [0.3, 0.4) is 0 Å². The largest absolute Gasteiger partial charge is 0.368 e. The van der Waals surface area contributed by atoms with E-state index in [0.717, 1.165) is 0 Å². The summed E-state index contributed by atoms with van der Waals surface area (Å²) >= 11 is 0. The Morgan fingerprint density at radius 3 is 2.12 bits per heavy atom. The summed E-state index contributed by atoms with van der Waals surface area (Å²) in [5.74, 6) is -0.515. The lowest BCUT2D eigenvalue weighted by molar-refractivity contribution is -0.118. The molecule has 0 radical (unpaired) electrons. The van der Waals surface area contributed by atoms with E-state index in [1.807, 2.05) is 27.7 Å². The number of nitrogens with zero attached hydrogens (tertiary/aromatic N) is 1. The molecule has 0 atom stereocenters. The van der Waals surface area contributed by atoms with Crippen molar-refractivity contribution in [2.24, 2.45) is 5.73 Å². The highest BCUT2D eigenvalue weighted by molar-refractivity contribution is 5.73. The van der Waals surface area contributed by atoms with Gasteiger partial charge in [-0.1, -0.05) is 41.2 Å². The smallest absolute Gasteiger partial charge is 0.250 e. The summed E-state index contributed by atoms with van der Waals surface area (Å²) in [7, 11) is 0. The number of primary amides is 1. The molecule has 2 N–H and O–H groups in total. The second kappa shape index (κ2) is 13.4. The number of carbonyl (C=O) groups is 1. The lowest BCUT2D eigenvalue weighted by atomic mass is 10.4. The Morgan fingerprint density at radius 1 is 1.25 bits per heavy atom. The topological polar surface area (TPSA) is 65.1 Å². The van der Waals surface area contributed by atoms with Crippen molar-refractivity contribution in [2.75, 3.05) is 0 Å². The fourth-order valence-corrected chi connectivity index (χ4v) is 0.759. The van der Waals surface area contributed by atoms with Crippen LogP contribution >= 0.6 is 0 Å². The van der Waals surface area contributed by atoms with E-state index in [1.54, 1.807) is 12.1 Å². The molecule has 0 aliphatic heterocycles. The molecule has 0 spiro atoms. The van der Waals surface area contributed by atoms with E-state index in [9.17, 15) is 9.59 Å². The fraction of sp³-hybridized carbons (Fsp3) is 0.500. The van der Waals surface area contributed by atoms with E-state index < -0.39 is 5.91 Å². The summed E-state index contributed by atoms with van der Waals surface area (Å²) in [4.78, 5) is 21.3.